The van der Waals surface area contributed by atoms with Crippen LogP contribution in [-0.2, 0) is 9.59 Å². The van der Waals surface area contributed by atoms with Crippen molar-refractivity contribution in [3.8, 4) is 0 Å². The van der Waals surface area contributed by atoms with E-state index in [0.29, 0.717) is 74.4 Å². The van der Waals surface area contributed by atoms with Gasteiger partial charge in [-0.2, -0.15) is 0 Å². The maximum Gasteiger partial charge on any atom is 0.168 e. The number of rotatable bonds is 8. The molecule has 0 aromatic carbocycles. The number of hydrogen-bond donors (Lipinski definition) is 3. The van der Waals surface area contributed by atoms with Gasteiger partial charge in [-0.3, -0.25) is 19.6 Å². The Morgan fingerprint density at radius 1 is 0.774 bits per heavy atom. The van der Waals surface area contributed by atoms with Crippen molar-refractivity contribution in [1.82, 2.24) is 5.32 Å². The summed E-state index contributed by atoms with van der Waals surface area (Å²) in [6, 6.07) is 0. The summed E-state index contributed by atoms with van der Waals surface area (Å²) >= 11 is 0. The lowest BCUT2D eigenvalue weighted by Crippen LogP contribution is -2.29. The first-order valence-corrected chi connectivity index (χ1v) is 11.0. The molecular formula is C24H37N3O4. The maximum atomic E-state index is 12.3. The molecule has 0 heterocycles. The fourth-order valence-corrected chi connectivity index (χ4v) is 4.29. The molecule has 0 amide bonds. The zero-order valence-corrected chi connectivity index (χ0v) is 19.8. The van der Waals surface area contributed by atoms with E-state index in [1.54, 1.807) is 13.8 Å². The lowest BCUT2D eigenvalue weighted by Gasteiger charge is -2.29. The third-order valence-corrected chi connectivity index (χ3v) is 5.70. The summed E-state index contributed by atoms with van der Waals surface area (Å²) in [7, 11) is 0. The van der Waals surface area contributed by atoms with E-state index >= 15 is 0 Å². The minimum Gasteiger partial charge on any atom is -0.511 e. The zero-order valence-electron chi connectivity index (χ0n) is 19.8. The highest BCUT2D eigenvalue weighted by molar-refractivity contribution is 6.23. The van der Waals surface area contributed by atoms with Gasteiger partial charge >= 0.3 is 0 Å². The highest BCUT2D eigenvalue weighted by atomic mass is 16.3. The van der Waals surface area contributed by atoms with Crippen LogP contribution < -0.4 is 5.32 Å². The predicted octanol–water partition coefficient (Wildman–Crippen LogP) is 3.90. The average molecular weight is 432 g/mol. The smallest absolute Gasteiger partial charge is 0.168 e. The van der Waals surface area contributed by atoms with Gasteiger partial charge in [0.05, 0.1) is 24.2 Å². The molecule has 0 aromatic rings. The number of ketones is 2. The van der Waals surface area contributed by atoms with Gasteiger partial charge in [0.15, 0.2) is 11.6 Å². The number of Topliss-reactive ketones (excluding diaryl/α,β-unsaturated/α-hetero) is 2. The first-order valence-electron chi connectivity index (χ1n) is 11.0. The Hall–Kier alpha value is -2.28. The molecular weight excluding hydrogens is 394 g/mol. The van der Waals surface area contributed by atoms with E-state index in [9.17, 15) is 19.8 Å². The Bertz CT molecular complexity index is 790. The molecule has 0 saturated carbocycles. The minimum atomic E-state index is -0.212. The third kappa shape index (κ3) is 6.86. The van der Waals surface area contributed by atoms with Crippen LogP contribution >= 0.6 is 0 Å². The fraction of sp³-hybridized carbons (Fsp3) is 0.667. The number of allylic oxidation sites excluding steroid dienone is 4. The molecule has 0 aliphatic heterocycles. The molecule has 2 rings (SSSR count). The molecule has 0 fully saturated rings. The van der Waals surface area contributed by atoms with Crippen LogP contribution in [0.2, 0.25) is 0 Å². The molecule has 172 valence electrons. The number of hydrogen-bond acceptors (Lipinski definition) is 7. The summed E-state index contributed by atoms with van der Waals surface area (Å²) in [5, 5.41) is 23.7. The van der Waals surface area contributed by atoms with Crippen LogP contribution in [0.5, 0.6) is 0 Å². The zero-order chi connectivity index (χ0) is 23.4. The molecule has 2 aliphatic rings. The van der Waals surface area contributed by atoms with Crippen molar-refractivity contribution in [1.29, 1.82) is 0 Å². The van der Waals surface area contributed by atoms with Gasteiger partial charge in [-0.25, -0.2) is 0 Å². The molecule has 3 N–H and O–H groups in total. The summed E-state index contributed by atoms with van der Waals surface area (Å²) in [4.78, 5) is 33.5. The van der Waals surface area contributed by atoms with Gasteiger partial charge in [0.25, 0.3) is 0 Å². The van der Waals surface area contributed by atoms with Gasteiger partial charge in [0.2, 0.25) is 0 Å². The van der Waals surface area contributed by atoms with Crippen molar-refractivity contribution in [3.63, 3.8) is 0 Å². The van der Waals surface area contributed by atoms with Crippen molar-refractivity contribution in [2.45, 2.75) is 67.2 Å². The normalized spacial score (nSPS) is 22.4. The van der Waals surface area contributed by atoms with E-state index in [1.807, 2.05) is 27.7 Å². The number of nitrogens with zero attached hydrogens (tertiary/aromatic N) is 2. The maximum absolute atomic E-state index is 12.3. The molecule has 0 atom stereocenters. The number of aliphatic imine (C=N–C) groups is 2. The largest absolute Gasteiger partial charge is 0.511 e. The van der Waals surface area contributed by atoms with Crippen LogP contribution in [0, 0.1) is 10.8 Å². The lowest BCUT2D eigenvalue weighted by atomic mass is 9.76. The highest BCUT2D eigenvalue weighted by Gasteiger charge is 2.34. The van der Waals surface area contributed by atoms with Crippen LogP contribution in [0.4, 0.5) is 0 Å². The van der Waals surface area contributed by atoms with E-state index in [0.717, 1.165) is 0 Å². The van der Waals surface area contributed by atoms with E-state index in [4.69, 9.17) is 0 Å². The van der Waals surface area contributed by atoms with Gasteiger partial charge in [0, 0.05) is 50.2 Å². The molecule has 0 bridgehead atoms. The van der Waals surface area contributed by atoms with Gasteiger partial charge in [0.1, 0.15) is 11.5 Å². The van der Waals surface area contributed by atoms with Crippen molar-refractivity contribution in [2.24, 2.45) is 20.8 Å². The molecule has 0 aromatic heterocycles. The Morgan fingerprint density at radius 2 is 1.13 bits per heavy atom. The lowest BCUT2D eigenvalue weighted by molar-refractivity contribution is -0.118. The SMILES string of the molecule is CC(=NCCNCCN=C(C)C1=C(O)CC(C)(C)CC1=O)C1=C(O)CC(C)(C)CC1=O. The first-order chi connectivity index (χ1) is 14.3. The molecule has 7 heteroatoms. The van der Waals surface area contributed by atoms with Crippen molar-refractivity contribution >= 4 is 23.0 Å². The van der Waals surface area contributed by atoms with E-state index in [2.05, 4.69) is 15.3 Å². The van der Waals surface area contributed by atoms with Crippen molar-refractivity contribution < 1.29 is 19.8 Å². The van der Waals surface area contributed by atoms with Crippen LogP contribution in [0.25, 0.3) is 0 Å². The molecule has 0 saturated heterocycles. The molecule has 0 unspecified atom stereocenters. The van der Waals surface area contributed by atoms with Crippen LogP contribution in [0.15, 0.2) is 32.6 Å². The van der Waals surface area contributed by atoms with Gasteiger partial charge in [-0.05, 0) is 24.7 Å². The Balaban J connectivity index is 1.81. The predicted molar refractivity (Wildman–Crippen MR) is 124 cm³/mol. The van der Waals surface area contributed by atoms with Crippen molar-refractivity contribution in [2.75, 3.05) is 26.2 Å². The summed E-state index contributed by atoms with van der Waals surface area (Å²) < 4.78 is 0. The topological polar surface area (TPSA) is 111 Å². The number of aliphatic hydroxyl groups excluding tert-OH is 2. The third-order valence-electron chi connectivity index (χ3n) is 5.70. The minimum absolute atomic E-state index is 0.0500. The molecule has 31 heavy (non-hydrogen) atoms. The van der Waals surface area contributed by atoms with Gasteiger partial charge < -0.3 is 15.5 Å². The monoisotopic (exact) mass is 431 g/mol. The number of aliphatic hydroxyl groups is 2. The quantitative estimate of drug-likeness (QED) is 0.399. The molecule has 7 nitrogen and oxygen atoms in total. The highest BCUT2D eigenvalue weighted by Crippen LogP contribution is 2.37. The second-order valence-electron chi connectivity index (χ2n) is 10.2. The van der Waals surface area contributed by atoms with Crippen LogP contribution in [-0.4, -0.2) is 59.4 Å². The summed E-state index contributed by atoms with van der Waals surface area (Å²) in [6.07, 6.45) is 1.81. The molecule has 0 spiro atoms. The Morgan fingerprint density at radius 3 is 1.45 bits per heavy atom. The molecule has 2 aliphatic carbocycles. The van der Waals surface area contributed by atoms with E-state index in [-0.39, 0.29) is 33.9 Å². The Kier molecular flexibility index (Phi) is 7.98. The number of carbonyl (C=O) groups excluding carboxylic acids is 2. The van der Waals surface area contributed by atoms with Crippen LogP contribution in [0.1, 0.15) is 67.2 Å². The van der Waals surface area contributed by atoms with E-state index in [1.165, 1.54) is 0 Å². The summed E-state index contributed by atoms with van der Waals surface area (Å²) in [5.41, 5.74) is 1.47. The first kappa shape index (κ1) is 25.0. The second kappa shape index (κ2) is 9.90. The second-order valence-corrected chi connectivity index (χ2v) is 10.2. The Labute approximate surface area is 185 Å². The standard InChI is InChI=1S/C24H37N3O4/c1-15(21-17(28)11-23(3,4)12-18(21)29)26-9-7-25-8-10-27-16(2)22-19(30)13-24(5,6)14-20(22)31/h25,28,30H,7-14H2,1-6H3. The number of nitrogens with one attached hydrogen (secondary N) is 1. The van der Waals surface area contributed by atoms with Crippen LogP contribution in [0.3, 0.4) is 0 Å². The van der Waals surface area contributed by atoms with E-state index < -0.39 is 0 Å². The van der Waals surface area contributed by atoms with Gasteiger partial charge in [-0.1, -0.05) is 27.7 Å². The number of carbonyl (C=O) groups is 2. The molecule has 0 radical (unpaired) electrons. The van der Waals surface area contributed by atoms with Crippen molar-refractivity contribution in [3.05, 3.63) is 22.7 Å². The summed E-state index contributed by atoms with van der Waals surface area (Å²) in [5.74, 6) is 0.175. The average Bonchev–Trinajstić information content (AvgIpc) is 2.57. The fourth-order valence-electron chi connectivity index (χ4n) is 4.29. The van der Waals surface area contributed by atoms with Gasteiger partial charge in [-0.15, -0.1) is 0 Å². The summed E-state index contributed by atoms with van der Waals surface area (Å²) in [6.45, 7) is 13.6.